The Kier molecular flexibility index (Phi) is 9.43. The largest absolute Gasteiger partial charge is 0.379 e. The van der Waals surface area contributed by atoms with Crippen molar-refractivity contribution >= 4 is 17.6 Å². The first-order valence-electron chi connectivity index (χ1n) is 11.0. The van der Waals surface area contributed by atoms with Gasteiger partial charge in [0, 0.05) is 58.5 Å². The Labute approximate surface area is 181 Å². The van der Waals surface area contributed by atoms with Crippen LogP contribution in [0.15, 0.2) is 35.3 Å². The number of piperazine rings is 1. The summed E-state index contributed by atoms with van der Waals surface area (Å²) in [4.78, 5) is 21.6. The van der Waals surface area contributed by atoms with Crippen LogP contribution in [-0.4, -0.2) is 75.8 Å². The van der Waals surface area contributed by atoms with E-state index in [1.165, 1.54) is 5.69 Å². The molecule has 0 aromatic heterocycles. The van der Waals surface area contributed by atoms with E-state index in [2.05, 4.69) is 65.6 Å². The summed E-state index contributed by atoms with van der Waals surface area (Å²) in [5.41, 5.74) is 1.25. The molecular formula is C23H39N5O2. The fourth-order valence-corrected chi connectivity index (χ4v) is 3.52. The van der Waals surface area contributed by atoms with Gasteiger partial charge in [0.15, 0.2) is 5.96 Å². The third-order valence-corrected chi connectivity index (χ3v) is 5.39. The quantitative estimate of drug-likeness (QED) is 0.502. The molecule has 1 amide bonds. The zero-order valence-corrected chi connectivity index (χ0v) is 19.3. The van der Waals surface area contributed by atoms with Gasteiger partial charge in [-0.05, 0) is 24.5 Å². The monoisotopic (exact) mass is 417 g/mol. The lowest BCUT2D eigenvalue weighted by Gasteiger charge is -2.36. The minimum Gasteiger partial charge on any atom is -0.379 e. The van der Waals surface area contributed by atoms with Crippen LogP contribution in [-0.2, 0) is 9.53 Å². The first-order chi connectivity index (χ1) is 14.3. The second-order valence-electron chi connectivity index (χ2n) is 8.69. The summed E-state index contributed by atoms with van der Waals surface area (Å²) in [7, 11) is 1.72. The molecule has 1 aliphatic heterocycles. The van der Waals surface area contributed by atoms with Crippen molar-refractivity contribution in [2.75, 3.05) is 57.8 Å². The number of guanidine groups is 1. The van der Waals surface area contributed by atoms with E-state index in [9.17, 15) is 4.79 Å². The second-order valence-corrected chi connectivity index (χ2v) is 8.69. The van der Waals surface area contributed by atoms with Gasteiger partial charge in [0.1, 0.15) is 0 Å². The van der Waals surface area contributed by atoms with Crippen molar-refractivity contribution in [1.29, 1.82) is 0 Å². The number of carbonyl (C=O) groups is 1. The van der Waals surface area contributed by atoms with Crippen LogP contribution in [0.1, 0.15) is 34.1 Å². The number of hydrogen-bond donors (Lipinski definition) is 2. The minimum absolute atomic E-state index is 0.0213. The molecule has 1 aromatic rings. The fraction of sp³-hybridized carbons (Fsp3) is 0.652. The maximum atomic E-state index is 12.6. The number of anilines is 1. The lowest BCUT2D eigenvalue weighted by atomic mass is 9.89. The number of hydrogen-bond acceptors (Lipinski definition) is 4. The van der Waals surface area contributed by atoms with Crippen LogP contribution in [0.25, 0.3) is 0 Å². The molecule has 1 atom stereocenters. The number of nitrogens with one attached hydrogen (secondary N) is 2. The molecule has 1 unspecified atom stereocenters. The van der Waals surface area contributed by atoms with Crippen LogP contribution >= 0.6 is 0 Å². The van der Waals surface area contributed by atoms with Gasteiger partial charge in [-0.2, -0.15) is 0 Å². The Morgan fingerprint density at radius 1 is 1.13 bits per heavy atom. The first-order valence-corrected chi connectivity index (χ1v) is 11.0. The predicted octanol–water partition coefficient (Wildman–Crippen LogP) is 2.34. The molecule has 2 rings (SSSR count). The molecule has 1 aliphatic rings. The molecule has 1 aromatic carbocycles. The van der Waals surface area contributed by atoms with Gasteiger partial charge in [-0.3, -0.25) is 9.79 Å². The van der Waals surface area contributed by atoms with E-state index in [1.54, 1.807) is 7.11 Å². The van der Waals surface area contributed by atoms with Crippen molar-refractivity contribution in [3.05, 3.63) is 30.3 Å². The molecule has 30 heavy (non-hydrogen) atoms. The molecule has 2 N–H and O–H groups in total. The van der Waals surface area contributed by atoms with Crippen molar-refractivity contribution in [2.45, 2.75) is 40.2 Å². The standard InChI is InChI=1S/C23H39N5O2/c1-6-24-22(26-18-20(30-5)23(2,3)4)25-13-12-21(29)28-16-14-27(15-17-28)19-10-8-7-9-11-19/h7-11,20H,6,12-18H2,1-5H3,(H2,24,25,26). The maximum Gasteiger partial charge on any atom is 0.224 e. The summed E-state index contributed by atoms with van der Waals surface area (Å²) >= 11 is 0. The zero-order chi connectivity index (χ0) is 22.0. The van der Waals surface area contributed by atoms with Crippen LogP contribution in [0.4, 0.5) is 5.69 Å². The molecule has 1 heterocycles. The fourth-order valence-electron chi connectivity index (χ4n) is 3.52. The van der Waals surface area contributed by atoms with Gasteiger partial charge in [-0.25, -0.2) is 0 Å². The van der Waals surface area contributed by atoms with Gasteiger partial charge in [0.05, 0.1) is 12.6 Å². The molecule has 1 fully saturated rings. The molecule has 7 heteroatoms. The molecule has 0 aliphatic carbocycles. The van der Waals surface area contributed by atoms with Gasteiger partial charge in [-0.15, -0.1) is 0 Å². The highest BCUT2D eigenvalue weighted by molar-refractivity contribution is 5.81. The van der Waals surface area contributed by atoms with Gasteiger partial charge in [0.25, 0.3) is 0 Å². The Morgan fingerprint density at radius 2 is 1.80 bits per heavy atom. The maximum absolute atomic E-state index is 12.6. The van der Waals surface area contributed by atoms with E-state index < -0.39 is 0 Å². The highest BCUT2D eigenvalue weighted by Gasteiger charge is 2.24. The Hall–Kier alpha value is -2.28. The topological polar surface area (TPSA) is 69.2 Å². The third-order valence-electron chi connectivity index (χ3n) is 5.39. The minimum atomic E-state index is 0.0213. The summed E-state index contributed by atoms with van der Waals surface area (Å²) in [6, 6.07) is 10.4. The van der Waals surface area contributed by atoms with Crippen molar-refractivity contribution < 1.29 is 9.53 Å². The van der Waals surface area contributed by atoms with Gasteiger partial charge in [-0.1, -0.05) is 39.0 Å². The van der Waals surface area contributed by atoms with Crippen LogP contribution in [0.3, 0.4) is 0 Å². The number of ether oxygens (including phenoxy) is 1. The third kappa shape index (κ3) is 7.52. The molecular weight excluding hydrogens is 378 g/mol. The van der Waals surface area contributed by atoms with Crippen LogP contribution in [0.5, 0.6) is 0 Å². The highest BCUT2D eigenvalue weighted by atomic mass is 16.5. The van der Waals surface area contributed by atoms with Gasteiger partial charge < -0.3 is 25.2 Å². The number of carbonyl (C=O) groups excluding carboxylic acids is 1. The number of aliphatic imine (C=N–C) groups is 1. The molecule has 0 bridgehead atoms. The Morgan fingerprint density at radius 3 is 2.37 bits per heavy atom. The number of methoxy groups -OCH3 is 1. The number of para-hydroxylation sites is 1. The number of benzene rings is 1. The van der Waals surface area contributed by atoms with Gasteiger partial charge in [0.2, 0.25) is 5.91 Å². The molecule has 7 nitrogen and oxygen atoms in total. The lowest BCUT2D eigenvalue weighted by molar-refractivity contribution is -0.131. The predicted molar refractivity (Wildman–Crippen MR) is 124 cm³/mol. The van der Waals surface area contributed by atoms with Crippen molar-refractivity contribution in [2.24, 2.45) is 10.4 Å². The van der Waals surface area contributed by atoms with E-state index in [1.807, 2.05) is 17.9 Å². The van der Waals surface area contributed by atoms with Crippen LogP contribution in [0, 0.1) is 5.41 Å². The summed E-state index contributed by atoms with van der Waals surface area (Å²) in [6.45, 7) is 13.7. The normalized spacial score (nSPS) is 16.4. The zero-order valence-electron chi connectivity index (χ0n) is 19.3. The number of amides is 1. The second kappa shape index (κ2) is 11.8. The van der Waals surface area contributed by atoms with Gasteiger partial charge >= 0.3 is 0 Å². The van der Waals surface area contributed by atoms with E-state index >= 15 is 0 Å². The lowest BCUT2D eigenvalue weighted by Crippen LogP contribution is -2.49. The molecule has 1 saturated heterocycles. The number of nitrogens with zero attached hydrogens (tertiary/aromatic N) is 3. The number of rotatable bonds is 8. The first kappa shape index (κ1) is 24.0. The molecule has 0 spiro atoms. The van der Waals surface area contributed by atoms with Crippen LogP contribution < -0.4 is 15.5 Å². The smallest absolute Gasteiger partial charge is 0.224 e. The Bertz CT molecular complexity index is 664. The van der Waals surface area contributed by atoms with Crippen molar-refractivity contribution in [1.82, 2.24) is 15.5 Å². The molecule has 168 valence electrons. The molecule has 0 saturated carbocycles. The SMILES string of the molecule is CCNC(=NCC(OC)C(C)(C)C)NCCC(=O)N1CCN(c2ccccc2)CC1. The van der Waals surface area contributed by atoms with E-state index in [0.29, 0.717) is 19.5 Å². The average Bonchev–Trinajstić information content (AvgIpc) is 2.74. The van der Waals surface area contributed by atoms with Crippen molar-refractivity contribution in [3.8, 4) is 0 Å². The summed E-state index contributed by atoms with van der Waals surface area (Å²) < 4.78 is 5.58. The van der Waals surface area contributed by atoms with E-state index in [0.717, 1.165) is 38.7 Å². The van der Waals surface area contributed by atoms with Crippen molar-refractivity contribution in [3.63, 3.8) is 0 Å². The summed E-state index contributed by atoms with van der Waals surface area (Å²) in [6.07, 6.45) is 0.499. The average molecular weight is 418 g/mol. The summed E-state index contributed by atoms with van der Waals surface area (Å²) in [5.74, 6) is 0.918. The van der Waals surface area contributed by atoms with E-state index in [4.69, 9.17) is 4.74 Å². The van der Waals surface area contributed by atoms with Crippen LogP contribution in [0.2, 0.25) is 0 Å². The highest BCUT2D eigenvalue weighted by Crippen LogP contribution is 2.21. The summed E-state index contributed by atoms with van der Waals surface area (Å²) in [5, 5.41) is 6.52. The molecule has 0 radical (unpaired) electrons. The Balaban J connectivity index is 1.77. The van der Waals surface area contributed by atoms with E-state index in [-0.39, 0.29) is 17.4 Å².